The van der Waals surface area contributed by atoms with Gasteiger partial charge < -0.3 is 5.11 Å². The minimum Gasteiger partial charge on any atom is -0.478 e. The lowest BCUT2D eigenvalue weighted by Gasteiger charge is -2.05. The third-order valence-corrected chi connectivity index (χ3v) is 2.87. The standard InChI is InChI=1S/C15H12O3/c1-10-2-3-13(8-14(10)9-16)11-4-6-12(7-5-11)15(17)18/h2-9H,1H3,(H,17,18). The van der Waals surface area contributed by atoms with E-state index in [4.69, 9.17) is 5.11 Å². The summed E-state index contributed by atoms with van der Waals surface area (Å²) in [4.78, 5) is 21.6. The molecule has 0 unspecified atom stereocenters. The molecule has 18 heavy (non-hydrogen) atoms. The zero-order valence-electron chi connectivity index (χ0n) is 9.88. The Morgan fingerprint density at radius 3 is 2.22 bits per heavy atom. The number of hydrogen-bond donors (Lipinski definition) is 1. The van der Waals surface area contributed by atoms with Gasteiger partial charge in [0.25, 0.3) is 0 Å². The highest BCUT2D eigenvalue weighted by Crippen LogP contribution is 2.22. The van der Waals surface area contributed by atoms with Crippen LogP contribution in [0.4, 0.5) is 0 Å². The molecule has 3 nitrogen and oxygen atoms in total. The van der Waals surface area contributed by atoms with E-state index in [1.807, 2.05) is 19.1 Å². The van der Waals surface area contributed by atoms with Crippen LogP contribution in [0, 0.1) is 6.92 Å². The number of rotatable bonds is 3. The lowest BCUT2D eigenvalue weighted by molar-refractivity contribution is 0.0696. The van der Waals surface area contributed by atoms with Crippen molar-refractivity contribution in [3.8, 4) is 11.1 Å². The predicted molar refractivity (Wildman–Crippen MR) is 69.0 cm³/mol. The minimum absolute atomic E-state index is 0.251. The van der Waals surface area contributed by atoms with Gasteiger partial charge in [0.05, 0.1) is 5.56 Å². The topological polar surface area (TPSA) is 54.4 Å². The van der Waals surface area contributed by atoms with Crippen LogP contribution in [-0.4, -0.2) is 17.4 Å². The van der Waals surface area contributed by atoms with Crippen molar-refractivity contribution in [2.45, 2.75) is 6.92 Å². The van der Waals surface area contributed by atoms with Gasteiger partial charge in [-0.05, 0) is 41.8 Å². The van der Waals surface area contributed by atoms with Gasteiger partial charge in [-0.2, -0.15) is 0 Å². The van der Waals surface area contributed by atoms with Crippen LogP contribution in [-0.2, 0) is 0 Å². The summed E-state index contributed by atoms with van der Waals surface area (Å²) in [7, 11) is 0. The molecule has 2 aromatic carbocycles. The molecule has 0 radical (unpaired) electrons. The number of carboxylic acids is 1. The Kier molecular flexibility index (Phi) is 3.24. The molecule has 90 valence electrons. The summed E-state index contributed by atoms with van der Waals surface area (Å²) < 4.78 is 0. The Hall–Kier alpha value is -2.42. The smallest absolute Gasteiger partial charge is 0.335 e. The molecule has 3 heteroatoms. The highest BCUT2D eigenvalue weighted by molar-refractivity contribution is 5.88. The van der Waals surface area contributed by atoms with E-state index in [0.29, 0.717) is 5.56 Å². The molecule has 0 atom stereocenters. The summed E-state index contributed by atoms with van der Waals surface area (Å²) in [6.45, 7) is 1.88. The van der Waals surface area contributed by atoms with Gasteiger partial charge in [-0.25, -0.2) is 4.79 Å². The van der Waals surface area contributed by atoms with E-state index in [1.165, 1.54) is 0 Å². The summed E-state index contributed by atoms with van der Waals surface area (Å²) >= 11 is 0. The number of carbonyl (C=O) groups is 2. The first-order valence-corrected chi connectivity index (χ1v) is 5.51. The second-order valence-electron chi connectivity index (χ2n) is 4.07. The molecule has 0 aliphatic carbocycles. The largest absolute Gasteiger partial charge is 0.478 e. The fourth-order valence-corrected chi connectivity index (χ4v) is 1.75. The highest BCUT2D eigenvalue weighted by atomic mass is 16.4. The highest BCUT2D eigenvalue weighted by Gasteiger charge is 2.04. The Morgan fingerprint density at radius 2 is 1.67 bits per heavy atom. The number of aryl methyl sites for hydroxylation is 1. The average molecular weight is 240 g/mol. The molecule has 1 N–H and O–H groups in total. The van der Waals surface area contributed by atoms with Gasteiger partial charge >= 0.3 is 5.97 Å². The van der Waals surface area contributed by atoms with Crippen molar-refractivity contribution in [1.29, 1.82) is 0 Å². The molecular formula is C15H12O3. The Balaban J connectivity index is 2.42. The molecule has 2 aromatic rings. The number of carboxylic acid groups (broad SMARTS) is 1. The monoisotopic (exact) mass is 240 g/mol. The van der Waals surface area contributed by atoms with Crippen LogP contribution in [0.1, 0.15) is 26.3 Å². The first-order chi connectivity index (χ1) is 8.61. The molecule has 0 fully saturated rings. The van der Waals surface area contributed by atoms with Crippen molar-refractivity contribution in [1.82, 2.24) is 0 Å². The van der Waals surface area contributed by atoms with Crippen molar-refractivity contribution in [3.05, 3.63) is 59.2 Å². The Bertz CT molecular complexity index is 598. The van der Waals surface area contributed by atoms with Crippen molar-refractivity contribution in [3.63, 3.8) is 0 Å². The number of hydrogen-bond acceptors (Lipinski definition) is 2. The maximum Gasteiger partial charge on any atom is 0.335 e. The number of carbonyl (C=O) groups excluding carboxylic acids is 1. The fraction of sp³-hybridized carbons (Fsp3) is 0.0667. The third kappa shape index (κ3) is 2.30. The molecule has 0 spiro atoms. The average Bonchev–Trinajstić information content (AvgIpc) is 2.39. The molecule has 0 amide bonds. The molecule has 0 aromatic heterocycles. The van der Waals surface area contributed by atoms with Gasteiger partial charge in [0.2, 0.25) is 0 Å². The van der Waals surface area contributed by atoms with Gasteiger partial charge in [-0.15, -0.1) is 0 Å². The van der Waals surface area contributed by atoms with Crippen LogP contribution in [0.5, 0.6) is 0 Å². The van der Waals surface area contributed by atoms with Crippen molar-refractivity contribution in [2.24, 2.45) is 0 Å². The van der Waals surface area contributed by atoms with Crippen LogP contribution in [0.2, 0.25) is 0 Å². The second kappa shape index (κ2) is 4.84. The summed E-state index contributed by atoms with van der Waals surface area (Å²) in [5, 5.41) is 8.82. The van der Waals surface area contributed by atoms with Crippen LogP contribution < -0.4 is 0 Å². The molecule has 0 aliphatic heterocycles. The van der Waals surface area contributed by atoms with Crippen LogP contribution in [0.3, 0.4) is 0 Å². The lowest BCUT2D eigenvalue weighted by atomic mass is 9.99. The first kappa shape index (κ1) is 12.0. The van der Waals surface area contributed by atoms with Gasteiger partial charge in [0.1, 0.15) is 6.29 Å². The van der Waals surface area contributed by atoms with E-state index in [9.17, 15) is 9.59 Å². The fourth-order valence-electron chi connectivity index (χ4n) is 1.75. The van der Waals surface area contributed by atoms with Crippen molar-refractivity contribution < 1.29 is 14.7 Å². The molecule has 0 bridgehead atoms. The number of aldehydes is 1. The van der Waals surface area contributed by atoms with Gasteiger partial charge in [-0.1, -0.05) is 24.3 Å². The maximum atomic E-state index is 10.9. The maximum absolute atomic E-state index is 10.9. The Morgan fingerprint density at radius 1 is 1.06 bits per heavy atom. The Labute approximate surface area is 105 Å². The molecular weight excluding hydrogens is 228 g/mol. The van der Waals surface area contributed by atoms with Crippen molar-refractivity contribution in [2.75, 3.05) is 0 Å². The van der Waals surface area contributed by atoms with Gasteiger partial charge in [-0.3, -0.25) is 4.79 Å². The minimum atomic E-state index is -0.945. The molecule has 0 aliphatic rings. The van der Waals surface area contributed by atoms with E-state index in [1.54, 1.807) is 30.3 Å². The van der Waals surface area contributed by atoms with Crippen LogP contribution in [0.15, 0.2) is 42.5 Å². The van der Waals surface area contributed by atoms with Crippen LogP contribution in [0.25, 0.3) is 11.1 Å². The van der Waals surface area contributed by atoms with Crippen LogP contribution >= 0.6 is 0 Å². The molecule has 2 rings (SSSR count). The van der Waals surface area contributed by atoms with Gasteiger partial charge in [0, 0.05) is 5.56 Å². The lowest BCUT2D eigenvalue weighted by Crippen LogP contribution is -1.95. The summed E-state index contributed by atoms with van der Waals surface area (Å²) in [6.07, 6.45) is 0.824. The van der Waals surface area contributed by atoms with E-state index < -0.39 is 5.97 Å². The zero-order valence-corrected chi connectivity index (χ0v) is 9.88. The summed E-state index contributed by atoms with van der Waals surface area (Å²) in [5.41, 5.74) is 3.62. The van der Waals surface area contributed by atoms with Crippen molar-refractivity contribution >= 4 is 12.3 Å². The summed E-state index contributed by atoms with van der Waals surface area (Å²) in [6, 6.07) is 12.2. The predicted octanol–water partition coefficient (Wildman–Crippen LogP) is 3.17. The van der Waals surface area contributed by atoms with Gasteiger partial charge in [0.15, 0.2) is 0 Å². The van der Waals surface area contributed by atoms with E-state index in [-0.39, 0.29) is 5.56 Å². The molecule has 0 saturated heterocycles. The van der Waals surface area contributed by atoms with E-state index in [0.717, 1.165) is 23.0 Å². The normalized spacial score (nSPS) is 10.1. The third-order valence-electron chi connectivity index (χ3n) is 2.87. The molecule has 0 saturated carbocycles. The van der Waals surface area contributed by atoms with E-state index >= 15 is 0 Å². The zero-order chi connectivity index (χ0) is 13.1. The first-order valence-electron chi connectivity index (χ1n) is 5.51. The van der Waals surface area contributed by atoms with E-state index in [2.05, 4.69) is 0 Å². The quantitative estimate of drug-likeness (QED) is 0.838. The SMILES string of the molecule is Cc1ccc(-c2ccc(C(=O)O)cc2)cc1C=O. The molecule has 0 heterocycles. The second-order valence-corrected chi connectivity index (χ2v) is 4.07. The number of benzene rings is 2. The number of aromatic carboxylic acids is 1. The summed E-state index contributed by atoms with van der Waals surface area (Å²) in [5.74, 6) is -0.945.